The molecule has 0 N–H and O–H groups in total. The zero-order chi connectivity index (χ0) is 15.3. The first kappa shape index (κ1) is 16.0. The highest BCUT2D eigenvalue weighted by Crippen LogP contribution is 2.12. The summed E-state index contributed by atoms with van der Waals surface area (Å²) in [6.45, 7) is 1.69. The number of methoxy groups -OCH3 is 1. The standard InChI is InChI=1S/C18H14O3/c1-3-4-5-6-7-8-15-21-18(19)14-11-16-9-12-17(20-2)13-10-16/h9-14H,15H2,1-2H3. The average molecular weight is 278 g/mol. The molecule has 0 aromatic heterocycles. The number of carbonyl (C=O) groups is 1. The van der Waals surface area contributed by atoms with Crippen molar-refractivity contribution in [3.05, 3.63) is 35.9 Å². The molecule has 1 rings (SSSR count). The number of esters is 1. The van der Waals surface area contributed by atoms with Crippen molar-refractivity contribution in [3.8, 4) is 41.3 Å². The first-order chi connectivity index (χ1) is 10.3. The van der Waals surface area contributed by atoms with E-state index in [1.54, 1.807) is 20.1 Å². The maximum absolute atomic E-state index is 11.4. The van der Waals surface area contributed by atoms with Gasteiger partial charge in [0.25, 0.3) is 0 Å². The van der Waals surface area contributed by atoms with Crippen LogP contribution in [0.4, 0.5) is 0 Å². The number of rotatable bonds is 4. The molecule has 3 heteroatoms. The maximum Gasteiger partial charge on any atom is 0.331 e. The molecule has 0 aliphatic rings. The molecule has 0 spiro atoms. The molecule has 1 aromatic carbocycles. The molecule has 0 aliphatic carbocycles. The highest BCUT2D eigenvalue weighted by molar-refractivity contribution is 5.87. The van der Waals surface area contributed by atoms with Gasteiger partial charge in [0, 0.05) is 6.08 Å². The van der Waals surface area contributed by atoms with E-state index < -0.39 is 5.97 Å². The van der Waals surface area contributed by atoms with Crippen LogP contribution in [-0.2, 0) is 9.53 Å². The summed E-state index contributed by atoms with van der Waals surface area (Å²) in [4.78, 5) is 11.4. The third-order valence-electron chi connectivity index (χ3n) is 2.22. The van der Waals surface area contributed by atoms with Crippen molar-refractivity contribution >= 4 is 12.0 Å². The average Bonchev–Trinajstić information content (AvgIpc) is 2.52. The largest absolute Gasteiger partial charge is 0.497 e. The smallest absolute Gasteiger partial charge is 0.331 e. The molecule has 0 unspecified atom stereocenters. The third-order valence-corrected chi connectivity index (χ3v) is 2.22. The molecule has 21 heavy (non-hydrogen) atoms. The van der Waals surface area contributed by atoms with Gasteiger partial charge in [-0.15, -0.1) is 0 Å². The minimum atomic E-state index is -0.457. The van der Waals surface area contributed by atoms with Crippen molar-refractivity contribution in [1.29, 1.82) is 0 Å². The van der Waals surface area contributed by atoms with E-state index in [-0.39, 0.29) is 6.61 Å². The first-order valence-electron chi connectivity index (χ1n) is 6.14. The number of benzene rings is 1. The van der Waals surface area contributed by atoms with Crippen LogP contribution in [0.1, 0.15) is 12.5 Å². The monoisotopic (exact) mass is 278 g/mol. The molecule has 0 bridgehead atoms. The minimum Gasteiger partial charge on any atom is -0.497 e. The van der Waals surface area contributed by atoms with Crippen molar-refractivity contribution in [2.45, 2.75) is 6.92 Å². The lowest BCUT2D eigenvalue weighted by molar-refractivity contribution is -0.136. The molecule has 0 radical (unpaired) electrons. The highest BCUT2D eigenvalue weighted by atomic mass is 16.5. The number of hydrogen-bond donors (Lipinski definition) is 0. The second kappa shape index (κ2) is 9.79. The number of ether oxygens (including phenoxy) is 2. The van der Waals surface area contributed by atoms with E-state index in [4.69, 9.17) is 9.47 Å². The molecule has 3 nitrogen and oxygen atoms in total. The molecule has 0 atom stereocenters. The van der Waals surface area contributed by atoms with Crippen LogP contribution in [0.15, 0.2) is 30.3 Å². The Balaban J connectivity index is 2.40. The molecule has 0 aliphatic heterocycles. The summed E-state index contributed by atoms with van der Waals surface area (Å²) in [6.07, 6.45) is 3.00. The SMILES string of the molecule is CC#CC#CC#CCOC(=O)C=Cc1ccc(OC)cc1. The summed E-state index contributed by atoms with van der Waals surface area (Å²) in [5, 5.41) is 0. The van der Waals surface area contributed by atoms with E-state index in [2.05, 4.69) is 35.5 Å². The molecular formula is C18H14O3. The first-order valence-corrected chi connectivity index (χ1v) is 6.14. The fraction of sp³-hybridized carbons (Fsp3) is 0.167. The molecule has 0 saturated heterocycles. The van der Waals surface area contributed by atoms with Crippen LogP contribution in [0.3, 0.4) is 0 Å². The van der Waals surface area contributed by atoms with Gasteiger partial charge in [0.2, 0.25) is 0 Å². The molecule has 0 saturated carbocycles. The normalized spacial score (nSPS) is 8.48. The Morgan fingerprint density at radius 3 is 2.52 bits per heavy atom. The molecular weight excluding hydrogens is 264 g/mol. The summed E-state index contributed by atoms with van der Waals surface area (Å²) in [5.41, 5.74) is 0.878. The van der Waals surface area contributed by atoms with Crippen LogP contribution in [0.25, 0.3) is 6.08 Å². The van der Waals surface area contributed by atoms with Crippen molar-refractivity contribution in [2.75, 3.05) is 13.7 Å². The van der Waals surface area contributed by atoms with Gasteiger partial charge in [-0.2, -0.15) is 0 Å². The van der Waals surface area contributed by atoms with E-state index in [0.717, 1.165) is 11.3 Å². The van der Waals surface area contributed by atoms with Gasteiger partial charge >= 0.3 is 5.97 Å². The van der Waals surface area contributed by atoms with Crippen LogP contribution in [0.5, 0.6) is 5.75 Å². The Labute approximate surface area is 125 Å². The summed E-state index contributed by atoms with van der Waals surface area (Å²) < 4.78 is 9.93. The van der Waals surface area contributed by atoms with Gasteiger partial charge in [0.05, 0.1) is 7.11 Å². The summed E-state index contributed by atoms with van der Waals surface area (Å²) in [6, 6.07) is 7.31. The Bertz CT molecular complexity index is 678. The zero-order valence-corrected chi connectivity index (χ0v) is 11.9. The van der Waals surface area contributed by atoms with Gasteiger partial charge in [-0.3, -0.25) is 0 Å². The quantitative estimate of drug-likeness (QED) is 0.481. The number of carbonyl (C=O) groups excluding carboxylic acids is 1. The molecule has 0 heterocycles. The van der Waals surface area contributed by atoms with Crippen LogP contribution in [0.2, 0.25) is 0 Å². The van der Waals surface area contributed by atoms with Gasteiger partial charge in [-0.1, -0.05) is 18.1 Å². The molecule has 0 fully saturated rings. The van der Waals surface area contributed by atoms with Gasteiger partial charge < -0.3 is 9.47 Å². The zero-order valence-electron chi connectivity index (χ0n) is 11.9. The Kier molecular flexibility index (Phi) is 7.44. The van der Waals surface area contributed by atoms with Crippen molar-refractivity contribution in [3.63, 3.8) is 0 Å². The lowest BCUT2D eigenvalue weighted by atomic mass is 10.2. The Morgan fingerprint density at radius 2 is 1.86 bits per heavy atom. The maximum atomic E-state index is 11.4. The van der Waals surface area contributed by atoms with Gasteiger partial charge in [0.15, 0.2) is 6.61 Å². The Hall–Kier alpha value is -3.09. The van der Waals surface area contributed by atoms with Crippen LogP contribution in [0, 0.1) is 35.5 Å². The summed E-state index contributed by atoms with van der Waals surface area (Å²) in [5.74, 6) is 15.7. The Morgan fingerprint density at radius 1 is 1.14 bits per heavy atom. The predicted molar refractivity (Wildman–Crippen MR) is 82.0 cm³/mol. The lowest BCUT2D eigenvalue weighted by Crippen LogP contribution is -2.00. The number of hydrogen-bond acceptors (Lipinski definition) is 3. The topological polar surface area (TPSA) is 35.5 Å². The predicted octanol–water partition coefficient (Wildman–Crippen LogP) is 2.28. The highest BCUT2D eigenvalue weighted by Gasteiger charge is 1.95. The van der Waals surface area contributed by atoms with Gasteiger partial charge in [0.1, 0.15) is 5.75 Å². The minimum absolute atomic E-state index is 0.0000193. The fourth-order valence-corrected chi connectivity index (χ4v) is 1.24. The van der Waals surface area contributed by atoms with Crippen molar-refractivity contribution < 1.29 is 14.3 Å². The van der Waals surface area contributed by atoms with Crippen LogP contribution >= 0.6 is 0 Å². The van der Waals surface area contributed by atoms with Crippen molar-refractivity contribution in [1.82, 2.24) is 0 Å². The second-order valence-electron chi connectivity index (χ2n) is 3.64. The van der Waals surface area contributed by atoms with E-state index in [1.807, 2.05) is 24.3 Å². The van der Waals surface area contributed by atoms with E-state index >= 15 is 0 Å². The molecule has 104 valence electrons. The van der Waals surface area contributed by atoms with Crippen LogP contribution < -0.4 is 4.74 Å². The lowest BCUT2D eigenvalue weighted by Gasteiger charge is -1.99. The van der Waals surface area contributed by atoms with E-state index in [9.17, 15) is 4.79 Å². The third kappa shape index (κ3) is 7.16. The van der Waals surface area contributed by atoms with Gasteiger partial charge in [-0.25, -0.2) is 4.79 Å². The fourth-order valence-electron chi connectivity index (χ4n) is 1.24. The summed E-state index contributed by atoms with van der Waals surface area (Å²) >= 11 is 0. The van der Waals surface area contributed by atoms with E-state index in [0.29, 0.717) is 0 Å². The van der Waals surface area contributed by atoms with E-state index in [1.165, 1.54) is 6.08 Å². The molecule has 0 amide bonds. The second-order valence-corrected chi connectivity index (χ2v) is 3.64. The van der Waals surface area contributed by atoms with Crippen molar-refractivity contribution in [2.24, 2.45) is 0 Å². The summed E-state index contributed by atoms with van der Waals surface area (Å²) in [7, 11) is 1.60. The molecule has 1 aromatic rings. The van der Waals surface area contributed by atoms with Gasteiger partial charge in [-0.05, 0) is 60.3 Å². The van der Waals surface area contributed by atoms with Crippen LogP contribution in [-0.4, -0.2) is 19.7 Å².